The first kappa shape index (κ1) is 22.1. The molecule has 0 amide bonds. The third-order valence-corrected chi connectivity index (χ3v) is 3.97. The Hall–Kier alpha value is -0.890. The second-order valence-electron chi connectivity index (χ2n) is 5.70. The molecule has 0 saturated carbocycles. The number of halogens is 2. The second-order valence-corrected chi connectivity index (χ2v) is 5.70. The third kappa shape index (κ3) is 7.97. The lowest BCUT2D eigenvalue weighted by atomic mass is 10.2. The number of rotatable bonds is 7. The van der Waals surface area contributed by atoms with Crippen molar-refractivity contribution in [2.75, 3.05) is 34.2 Å². The minimum absolute atomic E-state index is 0. The Bertz CT molecular complexity index is 481. The second kappa shape index (κ2) is 11.6. The van der Waals surface area contributed by atoms with Crippen LogP contribution in [0.15, 0.2) is 29.3 Å². The molecule has 1 aromatic rings. The molecule has 6 heteroatoms. The topological polar surface area (TPSA) is 30.9 Å². The largest absolute Gasteiger partial charge is 0.355 e. The first-order valence-electron chi connectivity index (χ1n) is 7.84. The number of benzene rings is 1. The van der Waals surface area contributed by atoms with Gasteiger partial charge in [-0.1, -0.05) is 19.1 Å². The Labute approximate surface area is 157 Å². The molecule has 1 rings (SSSR count). The van der Waals surface area contributed by atoms with Gasteiger partial charge in [0.25, 0.3) is 0 Å². The number of nitrogens with one attached hydrogen (secondary N) is 1. The van der Waals surface area contributed by atoms with E-state index >= 15 is 0 Å². The molecular weight excluding hydrogens is 406 g/mol. The zero-order chi connectivity index (χ0) is 16.5. The van der Waals surface area contributed by atoms with Crippen molar-refractivity contribution in [3.8, 4) is 0 Å². The lowest BCUT2D eigenvalue weighted by Crippen LogP contribution is -2.43. The van der Waals surface area contributed by atoms with Gasteiger partial charge in [0, 0.05) is 39.8 Å². The first-order valence-corrected chi connectivity index (χ1v) is 7.84. The summed E-state index contributed by atoms with van der Waals surface area (Å²) in [5.41, 5.74) is 0.933. The molecule has 4 nitrogen and oxygen atoms in total. The fourth-order valence-corrected chi connectivity index (χ4v) is 2.24. The minimum Gasteiger partial charge on any atom is -0.355 e. The summed E-state index contributed by atoms with van der Waals surface area (Å²) in [5, 5.41) is 3.35. The number of aliphatic imine (C=N–C) groups is 1. The van der Waals surface area contributed by atoms with Gasteiger partial charge in [-0.05, 0) is 38.1 Å². The van der Waals surface area contributed by atoms with E-state index in [-0.39, 0.29) is 29.8 Å². The van der Waals surface area contributed by atoms with Gasteiger partial charge in [-0.15, -0.1) is 24.0 Å². The monoisotopic (exact) mass is 436 g/mol. The van der Waals surface area contributed by atoms with Crippen molar-refractivity contribution in [1.82, 2.24) is 15.1 Å². The molecule has 1 unspecified atom stereocenters. The van der Waals surface area contributed by atoms with E-state index < -0.39 is 0 Å². The summed E-state index contributed by atoms with van der Waals surface area (Å²) in [5.74, 6) is 0.617. The first-order chi connectivity index (χ1) is 10.5. The number of guanidine groups is 1. The predicted octanol–water partition coefficient (Wildman–Crippen LogP) is 3.18. The van der Waals surface area contributed by atoms with E-state index in [1.165, 1.54) is 6.07 Å². The quantitative estimate of drug-likeness (QED) is 0.405. The van der Waals surface area contributed by atoms with Crippen LogP contribution in [0.1, 0.15) is 25.8 Å². The van der Waals surface area contributed by atoms with Gasteiger partial charge in [0.2, 0.25) is 0 Å². The van der Waals surface area contributed by atoms with Crippen LogP contribution in [0.2, 0.25) is 0 Å². The van der Waals surface area contributed by atoms with E-state index in [1.54, 1.807) is 19.2 Å². The van der Waals surface area contributed by atoms with Crippen molar-refractivity contribution in [1.29, 1.82) is 0 Å². The Balaban J connectivity index is 0.00000484. The molecule has 0 aliphatic rings. The highest BCUT2D eigenvalue weighted by molar-refractivity contribution is 14.0. The third-order valence-electron chi connectivity index (χ3n) is 3.97. The SMILES string of the molecule is CCC(C)N(C)CCNC(=NC)N(C)Cc1cccc(F)c1.I. The van der Waals surface area contributed by atoms with E-state index in [4.69, 9.17) is 0 Å². The molecule has 0 radical (unpaired) electrons. The van der Waals surface area contributed by atoms with E-state index in [1.807, 2.05) is 18.0 Å². The van der Waals surface area contributed by atoms with Crippen molar-refractivity contribution >= 4 is 29.9 Å². The molecule has 0 heterocycles. The molecule has 1 N–H and O–H groups in total. The summed E-state index contributed by atoms with van der Waals surface area (Å²) in [4.78, 5) is 8.61. The summed E-state index contributed by atoms with van der Waals surface area (Å²) >= 11 is 0. The molecule has 0 bridgehead atoms. The van der Waals surface area contributed by atoms with Gasteiger partial charge in [0.05, 0.1) is 0 Å². The average molecular weight is 436 g/mol. The van der Waals surface area contributed by atoms with Crippen LogP contribution in [-0.2, 0) is 6.54 Å². The summed E-state index contributed by atoms with van der Waals surface area (Å²) in [7, 11) is 5.86. The molecule has 0 aromatic heterocycles. The van der Waals surface area contributed by atoms with E-state index in [0.717, 1.165) is 31.0 Å². The maximum Gasteiger partial charge on any atom is 0.193 e. The highest BCUT2D eigenvalue weighted by Gasteiger charge is 2.09. The maximum absolute atomic E-state index is 13.2. The average Bonchev–Trinajstić information content (AvgIpc) is 2.50. The van der Waals surface area contributed by atoms with E-state index in [2.05, 4.69) is 36.1 Å². The highest BCUT2D eigenvalue weighted by Crippen LogP contribution is 2.06. The molecule has 0 fully saturated rings. The number of hydrogen-bond donors (Lipinski definition) is 1. The van der Waals surface area contributed by atoms with Crippen LogP contribution in [0.3, 0.4) is 0 Å². The van der Waals surface area contributed by atoms with E-state index in [9.17, 15) is 4.39 Å². The van der Waals surface area contributed by atoms with E-state index in [0.29, 0.717) is 12.6 Å². The van der Waals surface area contributed by atoms with Crippen molar-refractivity contribution < 1.29 is 4.39 Å². The molecule has 1 aromatic carbocycles. The maximum atomic E-state index is 13.2. The molecule has 0 spiro atoms. The van der Waals surface area contributed by atoms with Gasteiger partial charge in [-0.2, -0.15) is 0 Å². The van der Waals surface area contributed by atoms with Crippen LogP contribution < -0.4 is 5.32 Å². The lowest BCUT2D eigenvalue weighted by Gasteiger charge is -2.26. The molecule has 23 heavy (non-hydrogen) atoms. The normalized spacial score (nSPS) is 12.7. The van der Waals surface area contributed by atoms with Crippen LogP contribution in [-0.4, -0.2) is 56.0 Å². The van der Waals surface area contributed by atoms with Gasteiger partial charge >= 0.3 is 0 Å². The fraction of sp³-hybridized carbons (Fsp3) is 0.588. The molecular formula is C17H30FIN4. The highest BCUT2D eigenvalue weighted by atomic mass is 127. The number of nitrogens with zero attached hydrogens (tertiary/aromatic N) is 3. The zero-order valence-corrected chi connectivity index (χ0v) is 17.2. The van der Waals surface area contributed by atoms with Crippen LogP contribution in [0, 0.1) is 5.82 Å². The molecule has 132 valence electrons. The summed E-state index contributed by atoms with van der Waals surface area (Å²) < 4.78 is 13.2. The summed E-state index contributed by atoms with van der Waals surface area (Å²) in [6, 6.07) is 7.25. The van der Waals surface area contributed by atoms with Crippen molar-refractivity contribution in [2.45, 2.75) is 32.9 Å². The van der Waals surface area contributed by atoms with Gasteiger partial charge in [-0.3, -0.25) is 4.99 Å². The molecule has 0 aliphatic heterocycles. The van der Waals surface area contributed by atoms with Gasteiger partial charge in [0.15, 0.2) is 5.96 Å². The van der Waals surface area contributed by atoms with Crippen LogP contribution in [0.25, 0.3) is 0 Å². The van der Waals surface area contributed by atoms with Crippen LogP contribution >= 0.6 is 24.0 Å². The van der Waals surface area contributed by atoms with Gasteiger partial charge in [0.1, 0.15) is 5.82 Å². The summed E-state index contributed by atoms with van der Waals surface area (Å²) in [6.07, 6.45) is 1.14. The fourth-order valence-electron chi connectivity index (χ4n) is 2.24. The predicted molar refractivity (Wildman–Crippen MR) is 107 cm³/mol. The van der Waals surface area contributed by atoms with Crippen LogP contribution in [0.5, 0.6) is 0 Å². The molecule has 0 saturated heterocycles. The molecule has 1 atom stereocenters. The number of hydrogen-bond acceptors (Lipinski definition) is 2. The zero-order valence-electron chi connectivity index (χ0n) is 14.8. The van der Waals surface area contributed by atoms with Crippen molar-refractivity contribution in [3.63, 3.8) is 0 Å². The Kier molecular flexibility index (Phi) is 11.2. The van der Waals surface area contributed by atoms with Gasteiger partial charge in [-0.25, -0.2) is 4.39 Å². The van der Waals surface area contributed by atoms with Crippen LogP contribution in [0.4, 0.5) is 4.39 Å². The van der Waals surface area contributed by atoms with Gasteiger partial charge < -0.3 is 15.1 Å². The lowest BCUT2D eigenvalue weighted by molar-refractivity contribution is 0.255. The number of likely N-dealkylation sites (N-methyl/N-ethyl adjacent to an activating group) is 1. The smallest absolute Gasteiger partial charge is 0.193 e. The Morgan fingerprint density at radius 1 is 1.35 bits per heavy atom. The Morgan fingerprint density at radius 2 is 2.04 bits per heavy atom. The van der Waals surface area contributed by atoms with Crippen molar-refractivity contribution in [3.05, 3.63) is 35.6 Å². The summed E-state index contributed by atoms with van der Waals surface area (Å²) in [6.45, 7) is 6.84. The van der Waals surface area contributed by atoms with Crippen molar-refractivity contribution in [2.24, 2.45) is 4.99 Å². The minimum atomic E-state index is -0.205. The molecule has 0 aliphatic carbocycles. The standard InChI is InChI=1S/C17H29FN4.HI/c1-6-14(2)21(4)11-10-20-17(19-3)22(5)13-15-8-7-9-16(18)12-15;/h7-9,12,14H,6,10-11,13H2,1-5H3,(H,19,20);1H. The Morgan fingerprint density at radius 3 is 2.61 bits per heavy atom.